The number of rotatable bonds is 3. The molecule has 1 unspecified atom stereocenters. The second kappa shape index (κ2) is 5.64. The monoisotopic (exact) mass is 283 g/mol. The van der Waals surface area contributed by atoms with E-state index in [0.717, 1.165) is 35.0 Å². The van der Waals surface area contributed by atoms with Gasteiger partial charge < -0.3 is 10.6 Å². The molecule has 1 aliphatic rings. The predicted octanol–water partition coefficient (Wildman–Crippen LogP) is 2.56. The molecule has 1 aliphatic heterocycles. The van der Waals surface area contributed by atoms with Crippen LogP contribution in [0.25, 0.3) is 0 Å². The van der Waals surface area contributed by atoms with Crippen LogP contribution in [0.3, 0.4) is 0 Å². The summed E-state index contributed by atoms with van der Waals surface area (Å²) < 4.78 is 0.898. The molecule has 2 rings (SSSR count). The zero-order chi connectivity index (χ0) is 11.4. The van der Waals surface area contributed by atoms with Crippen LogP contribution in [0.1, 0.15) is 18.5 Å². The molecule has 1 fully saturated rings. The maximum Gasteiger partial charge on any atom is 0.106 e. The Balaban J connectivity index is 1.88. The average Bonchev–Trinajstić information content (AvgIpc) is 2.29. The first-order chi connectivity index (χ1) is 7.75. The van der Waals surface area contributed by atoms with Gasteiger partial charge in [-0.05, 0) is 66.8 Å². The molecule has 4 heteroatoms. The number of hydrogen-bond acceptors (Lipinski definition) is 3. The first-order valence-corrected chi connectivity index (χ1v) is 6.63. The van der Waals surface area contributed by atoms with Crippen LogP contribution in [0.15, 0.2) is 16.7 Å². The Bertz CT molecular complexity index is 348. The van der Waals surface area contributed by atoms with E-state index in [1.807, 2.05) is 13.0 Å². The largest absolute Gasteiger partial charge is 0.383 e. The molecular formula is C12H18BrN3. The molecule has 1 saturated heterocycles. The van der Waals surface area contributed by atoms with Gasteiger partial charge in [0.25, 0.3) is 0 Å². The lowest BCUT2D eigenvalue weighted by Crippen LogP contribution is -2.33. The number of aryl methyl sites for hydroxylation is 1. The van der Waals surface area contributed by atoms with E-state index in [2.05, 4.69) is 37.6 Å². The van der Waals surface area contributed by atoms with Gasteiger partial charge in [-0.25, -0.2) is 4.98 Å². The summed E-state index contributed by atoms with van der Waals surface area (Å²) in [4.78, 5) is 4.38. The minimum absolute atomic E-state index is 0.747. The second-order valence-electron chi connectivity index (χ2n) is 4.36. The summed E-state index contributed by atoms with van der Waals surface area (Å²) in [6, 6.07) is 4.07. The summed E-state index contributed by atoms with van der Waals surface area (Å²) in [6.45, 7) is 5.38. The van der Waals surface area contributed by atoms with Crippen LogP contribution in [0, 0.1) is 12.8 Å². The van der Waals surface area contributed by atoms with E-state index in [0.29, 0.717) is 0 Å². The van der Waals surface area contributed by atoms with E-state index in [-0.39, 0.29) is 0 Å². The lowest BCUT2D eigenvalue weighted by molar-refractivity contribution is 0.393. The van der Waals surface area contributed by atoms with Crippen LogP contribution in [-0.4, -0.2) is 24.6 Å². The number of nitrogens with zero attached hydrogens (tertiary/aromatic N) is 1. The Hall–Kier alpha value is -0.610. The molecule has 16 heavy (non-hydrogen) atoms. The quantitative estimate of drug-likeness (QED) is 0.838. The number of anilines is 1. The molecular weight excluding hydrogens is 266 g/mol. The Morgan fingerprint density at radius 3 is 3.12 bits per heavy atom. The van der Waals surface area contributed by atoms with Gasteiger partial charge in [0.1, 0.15) is 4.60 Å². The highest BCUT2D eigenvalue weighted by molar-refractivity contribution is 9.10. The van der Waals surface area contributed by atoms with E-state index in [1.165, 1.54) is 19.4 Å². The van der Waals surface area contributed by atoms with Crippen molar-refractivity contribution in [1.82, 2.24) is 10.3 Å². The SMILES string of the molecule is Cc1nc(Br)ccc1NCC1CCCNC1. The molecule has 2 N–H and O–H groups in total. The van der Waals surface area contributed by atoms with E-state index < -0.39 is 0 Å². The van der Waals surface area contributed by atoms with E-state index in [9.17, 15) is 0 Å². The highest BCUT2D eigenvalue weighted by Gasteiger charge is 2.12. The fourth-order valence-corrected chi connectivity index (χ4v) is 2.47. The summed E-state index contributed by atoms with van der Waals surface area (Å²) >= 11 is 3.38. The molecule has 0 amide bonds. The lowest BCUT2D eigenvalue weighted by Gasteiger charge is -2.23. The first-order valence-electron chi connectivity index (χ1n) is 5.83. The summed E-state index contributed by atoms with van der Waals surface area (Å²) in [5.74, 6) is 0.747. The molecule has 1 aromatic heterocycles. The van der Waals surface area contributed by atoms with Crippen LogP contribution < -0.4 is 10.6 Å². The average molecular weight is 284 g/mol. The van der Waals surface area contributed by atoms with Gasteiger partial charge in [-0.3, -0.25) is 0 Å². The van der Waals surface area contributed by atoms with Crippen LogP contribution in [-0.2, 0) is 0 Å². The highest BCUT2D eigenvalue weighted by Crippen LogP contribution is 2.17. The Kier molecular flexibility index (Phi) is 4.18. The van der Waals surface area contributed by atoms with Gasteiger partial charge >= 0.3 is 0 Å². The normalized spacial score (nSPS) is 20.8. The van der Waals surface area contributed by atoms with Gasteiger partial charge in [0, 0.05) is 6.54 Å². The Morgan fingerprint density at radius 1 is 1.56 bits per heavy atom. The van der Waals surface area contributed by atoms with Crippen LogP contribution in [0.5, 0.6) is 0 Å². The van der Waals surface area contributed by atoms with Crippen LogP contribution in [0.4, 0.5) is 5.69 Å². The molecule has 2 heterocycles. The molecule has 0 spiro atoms. The van der Waals surface area contributed by atoms with Crippen molar-refractivity contribution >= 4 is 21.6 Å². The minimum Gasteiger partial charge on any atom is -0.383 e. The van der Waals surface area contributed by atoms with E-state index in [4.69, 9.17) is 0 Å². The second-order valence-corrected chi connectivity index (χ2v) is 5.17. The zero-order valence-electron chi connectivity index (χ0n) is 9.59. The fourth-order valence-electron chi connectivity index (χ4n) is 2.07. The van der Waals surface area contributed by atoms with Crippen molar-refractivity contribution in [3.63, 3.8) is 0 Å². The smallest absolute Gasteiger partial charge is 0.106 e. The van der Waals surface area contributed by atoms with Crippen molar-refractivity contribution < 1.29 is 0 Å². The van der Waals surface area contributed by atoms with Gasteiger partial charge in [-0.15, -0.1) is 0 Å². The first kappa shape index (κ1) is 11.9. The molecule has 0 radical (unpaired) electrons. The fraction of sp³-hybridized carbons (Fsp3) is 0.583. The van der Waals surface area contributed by atoms with Crippen molar-refractivity contribution in [3.05, 3.63) is 22.4 Å². The summed E-state index contributed by atoms with van der Waals surface area (Å²) in [7, 11) is 0. The van der Waals surface area contributed by atoms with Gasteiger partial charge in [-0.2, -0.15) is 0 Å². The van der Waals surface area contributed by atoms with Crippen LogP contribution in [0.2, 0.25) is 0 Å². The van der Waals surface area contributed by atoms with E-state index >= 15 is 0 Å². The number of hydrogen-bond donors (Lipinski definition) is 2. The van der Waals surface area contributed by atoms with Gasteiger partial charge in [0.15, 0.2) is 0 Å². The molecule has 0 aliphatic carbocycles. The lowest BCUT2D eigenvalue weighted by atomic mass is 10.00. The van der Waals surface area contributed by atoms with Crippen LogP contribution >= 0.6 is 15.9 Å². The van der Waals surface area contributed by atoms with Crippen molar-refractivity contribution in [2.24, 2.45) is 5.92 Å². The Morgan fingerprint density at radius 2 is 2.44 bits per heavy atom. The molecule has 0 bridgehead atoms. The number of pyridine rings is 1. The Labute approximate surface area is 105 Å². The third-order valence-corrected chi connectivity index (χ3v) is 3.47. The number of nitrogens with one attached hydrogen (secondary N) is 2. The summed E-state index contributed by atoms with van der Waals surface area (Å²) in [6.07, 6.45) is 2.62. The van der Waals surface area contributed by atoms with Gasteiger partial charge in [0.2, 0.25) is 0 Å². The van der Waals surface area contributed by atoms with Crippen molar-refractivity contribution in [3.8, 4) is 0 Å². The summed E-state index contributed by atoms with van der Waals surface area (Å²) in [5.41, 5.74) is 2.20. The molecule has 0 aromatic carbocycles. The molecule has 3 nitrogen and oxygen atoms in total. The van der Waals surface area contributed by atoms with Crippen molar-refractivity contribution in [2.45, 2.75) is 19.8 Å². The molecule has 0 saturated carbocycles. The van der Waals surface area contributed by atoms with E-state index in [1.54, 1.807) is 0 Å². The highest BCUT2D eigenvalue weighted by atomic mass is 79.9. The third-order valence-electron chi connectivity index (χ3n) is 3.03. The number of halogens is 1. The van der Waals surface area contributed by atoms with Gasteiger partial charge in [0.05, 0.1) is 11.4 Å². The number of piperidine rings is 1. The standard InChI is InChI=1S/C12H18BrN3/c1-9-11(4-5-12(13)16-9)15-8-10-3-2-6-14-7-10/h4-5,10,14-15H,2-3,6-8H2,1H3. The predicted molar refractivity (Wildman–Crippen MR) is 70.8 cm³/mol. The maximum absolute atomic E-state index is 4.38. The van der Waals surface area contributed by atoms with Crippen molar-refractivity contribution in [2.75, 3.05) is 25.0 Å². The van der Waals surface area contributed by atoms with Crippen molar-refractivity contribution in [1.29, 1.82) is 0 Å². The zero-order valence-corrected chi connectivity index (χ0v) is 11.2. The third kappa shape index (κ3) is 3.19. The molecule has 1 aromatic rings. The molecule has 1 atom stereocenters. The minimum atomic E-state index is 0.747. The number of aromatic nitrogens is 1. The topological polar surface area (TPSA) is 37.0 Å². The molecule has 88 valence electrons. The summed E-state index contributed by atoms with van der Waals surface area (Å²) in [5, 5.41) is 6.92. The van der Waals surface area contributed by atoms with Gasteiger partial charge in [-0.1, -0.05) is 0 Å². The maximum atomic E-state index is 4.38.